The Morgan fingerprint density at radius 3 is 2.54 bits per heavy atom. The number of anilines is 1. The second-order valence-electron chi connectivity index (χ2n) is 6.07. The summed E-state index contributed by atoms with van der Waals surface area (Å²) in [7, 11) is 0. The molecule has 0 aliphatic carbocycles. The molecule has 0 saturated carbocycles. The number of hydrogen-bond donors (Lipinski definition) is 1. The number of aromatic nitrogens is 3. The largest absolute Gasteiger partial charge is 0.378 e. The number of halogens is 1. The summed E-state index contributed by atoms with van der Waals surface area (Å²) in [5, 5.41) is 4.19. The second-order valence-corrected chi connectivity index (χ2v) is 6.48. The summed E-state index contributed by atoms with van der Waals surface area (Å²) >= 11 is 6.41. The first-order valence-electron chi connectivity index (χ1n) is 8.65. The highest BCUT2D eigenvalue weighted by Gasteiger charge is 2.14. The normalized spacial score (nSPS) is 11.0. The van der Waals surface area contributed by atoms with Crippen molar-refractivity contribution >= 4 is 28.3 Å². The van der Waals surface area contributed by atoms with Gasteiger partial charge in [0.25, 0.3) is 0 Å². The summed E-state index contributed by atoms with van der Waals surface area (Å²) < 4.78 is 2.19. The van der Waals surface area contributed by atoms with E-state index in [4.69, 9.17) is 16.6 Å². The SMILES string of the molecule is CCc1cc2c(cc1Cl)nc(CNc1ccncc1)n2-c1ccccc1. The van der Waals surface area contributed by atoms with Gasteiger partial charge in [-0.15, -0.1) is 0 Å². The minimum Gasteiger partial charge on any atom is -0.378 e. The lowest BCUT2D eigenvalue weighted by Crippen LogP contribution is -2.07. The van der Waals surface area contributed by atoms with Gasteiger partial charge in [-0.1, -0.05) is 36.7 Å². The van der Waals surface area contributed by atoms with Gasteiger partial charge in [0.15, 0.2) is 0 Å². The number of para-hydroxylation sites is 1. The molecule has 0 amide bonds. The number of benzene rings is 2. The Balaban J connectivity index is 1.82. The van der Waals surface area contributed by atoms with Crippen LogP contribution in [0, 0.1) is 0 Å². The predicted molar refractivity (Wildman–Crippen MR) is 107 cm³/mol. The van der Waals surface area contributed by atoms with Crippen LogP contribution < -0.4 is 5.32 Å². The van der Waals surface area contributed by atoms with Gasteiger partial charge in [0.1, 0.15) is 5.82 Å². The Labute approximate surface area is 157 Å². The maximum absolute atomic E-state index is 6.41. The van der Waals surface area contributed by atoms with Crippen LogP contribution in [0.2, 0.25) is 5.02 Å². The standard InChI is InChI=1S/C21H19ClN4/c1-2-15-12-20-19(13-18(15)22)25-21(14-24-16-8-10-23-11-9-16)26(20)17-6-4-3-5-7-17/h3-13H,2,14H2,1H3,(H,23,24). The van der Waals surface area contributed by atoms with Gasteiger partial charge in [-0.3, -0.25) is 9.55 Å². The van der Waals surface area contributed by atoms with Crippen LogP contribution in [0.1, 0.15) is 18.3 Å². The van der Waals surface area contributed by atoms with E-state index in [1.54, 1.807) is 12.4 Å². The molecule has 130 valence electrons. The Bertz CT molecular complexity index is 1030. The van der Waals surface area contributed by atoms with Crippen LogP contribution in [-0.2, 0) is 13.0 Å². The van der Waals surface area contributed by atoms with Crippen molar-refractivity contribution in [2.24, 2.45) is 0 Å². The summed E-state index contributed by atoms with van der Waals surface area (Å²) in [5.74, 6) is 0.937. The first kappa shape index (κ1) is 16.6. The summed E-state index contributed by atoms with van der Waals surface area (Å²) in [6.45, 7) is 2.72. The first-order valence-corrected chi connectivity index (χ1v) is 9.03. The second kappa shape index (κ2) is 7.18. The van der Waals surface area contributed by atoms with E-state index in [2.05, 4.69) is 40.0 Å². The fourth-order valence-electron chi connectivity index (χ4n) is 3.10. The minimum absolute atomic E-state index is 0.604. The average Bonchev–Trinajstić information content (AvgIpc) is 3.04. The number of imidazole rings is 1. The number of fused-ring (bicyclic) bond motifs is 1. The molecule has 2 aromatic carbocycles. The van der Waals surface area contributed by atoms with E-state index in [1.165, 1.54) is 0 Å². The third-order valence-corrected chi connectivity index (χ3v) is 4.77. The van der Waals surface area contributed by atoms with Crippen LogP contribution in [0.5, 0.6) is 0 Å². The first-order chi connectivity index (χ1) is 12.8. The maximum atomic E-state index is 6.41. The van der Waals surface area contributed by atoms with Crippen molar-refractivity contribution in [1.29, 1.82) is 0 Å². The van der Waals surface area contributed by atoms with E-state index in [-0.39, 0.29) is 0 Å². The molecule has 4 rings (SSSR count). The third-order valence-electron chi connectivity index (χ3n) is 4.42. The Morgan fingerprint density at radius 2 is 1.81 bits per heavy atom. The lowest BCUT2D eigenvalue weighted by atomic mass is 10.1. The molecule has 4 nitrogen and oxygen atoms in total. The molecule has 0 unspecified atom stereocenters. The van der Waals surface area contributed by atoms with Crippen LogP contribution >= 0.6 is 11.6 Å². The van der Waals surface area contributed by atoms with Gasteiger partial charge in [-0.05, 0) is 48.4 Å². The van der Waals surface area contributed by atoms with Crippen LogP contribution in [0.4, 0.5) is 5.69 Å². The monoisotopic (exact) mass is 362 g/mol. The summed E-state index contributed by atoms with van der Waals surface area (Å²) in [6.07, 6.45) is 4.44. The molecule has 4 aromatic rings. The summed E-state index contributed by atoms with van der Waals surface area (Å²) in [5.41, 5.74) is 5.21. The molecule has 0 atom stereocenters. The zero-order valence-electron chi connectivity index (χ0n) is 14.5. The van der Waals surface area contributed by atoms with Gasteiger partial charge in [0.2, 0.25) is 0 Å². The zero-order chi connectivity index (χ0) is 17.9. The maximum Gasteiger partial charge on any atom is 0.133 e. The number of hydrogen-bond acceptors (Lipinski definition) is 3. The van der Waals surface area contributed by atoms with Gasteiger partial charge >= 0.3 is 0 Å². The van der Waals surface area contributed by atoms with Crippen molar-refractivity contribution in [3.05, 3.63) is 83.4 Å². The van der Waals surface area contributed by atoms with Crippen molar-refractivity contribution in [2.45, 2.75) is 19.9 Å². The summed E-state index contributed by atoms with van der Waals surface area (Å²) in [6, 6.07) is 18.3. The molecule has 0 spiro atoms. The van der Waals surface area contributed by atoms with E-state index >= 15 is 0 Å². The van der Waals surface area contributed by atoms with Gasteiger partial charge in [-0.2, -0.15) is 0 Å². The van der Waals surface area contributed by atoms with E-state index in [1.807, 2.05) is 36.4 Å². The Morgan fingerprint density at radius 1 is 1.04 bits per heavy atom. The molecule has 26 heavy (non-hydrogen) atoms. The quantitative estimate of drug-likeness (QED) is 0.527. The molecule has 0 saturated heterocycles. The molecule has 2 heterocycles. The van der Waals surface area contributed by atoms with E-state index in [0.29, 0.717) is 6.54 Å². The van der Waals surface area contributed by atoms with Gasteiger partial charge in [-0.25, -0.2) is 4.98 Å². The number of rotatable bonds is 5. The highest BCUT2D eigenvalue weighted by Crippen LogP contribution is 2.28. The van der Waals surface area contributed by atoms with Crippen molar-refractivity contribution < 1.29 is 0 Å². The van der Waals surface area contributed by atoms with Crippen LogP contribution in [0.25, 0.3) is 16.7 Å². The van der Waals surface area contributed by atoms with Gasteiger partial charge in [0, 0.05) is 28.8 Å². The molecule has 2 aromatic heterocycles. The molecule has 0 bridgehead atoms. The fraction of sp³-hybridized carbons (Fsp3) is 0.143. The molecule has 0 radical (unpaired) electrons. The van der Waals surface area contributed by atoms with Crippen molar-refractivity contribution in [3.8, 4) is 5.69 Å². The molecular formula is C21H19ClN4. The van der Waals surface area contributed by atoms with Crippen LogP contribution in [-0.4, -0.2) is 14.5 Å². The van der Waals surface area contributed by atoms with E-state index in [0.717, 1.165) is 45.2 Å². The van der Waals surface area contributed by atoms with Gasteiger partial charge in [0.05, 0.1) is 17.6 Å². The molecule has 0 aliphatic rings. The number of aryl methyl sites for hydroxylation is 1. The lowest BCUT2D eigenvalue weighted by molar-refractivity contribution is 0.915. The average molecular weight is 363 g/mol. The van der Waals surface area contributed by atoms with Crippen LogP contribution in [0.15, 0.2) is 67.0 Å². The topological polar surface area (TPSA) is 42.7 Å². The number of nitrogens with zero attached hydrogens (tertiary/aromatic N) is 3. The molecule has 5 heteroatoms. The van der Waals surface area contributed by atoms with Gasteiger partial charge < -0.3 is 5.32 Å². The summed E-state index contributed by atoms with van der Waals surface area (Å²) in [4.78, 5) is 8.89. The van der Waals surface area contributed by atoms with Crippen molar-refractivity contribution in [3.63, 3.8) is 0 Å². The molecular weight excluding hydrogens is 344 g/mol. The molecule has 0 aliphatic heterocycles. The van der Waals surface area contributed by atoms with Crippen molar-refractivity contribution in [1.82, 2.24) is 14.5 Å². The fourth-order valence-corrected chi connectivity index (χ4v) is 3.39. The molecule has 1 N–H and O–H groups in total. The predicted octanol–water partition coefficient (Wildman–Crippen LogP) is 5.25. The number of pyridine rings is 1. The minimum atomic E-state index is 0.604. The molecule has 0 fully saturated rings. The highest BCUT2D eigenvalue weighted by molar-refractivity contribution is 6.32. The highest BCUT2D eigenvalue weighted by atomic mass is 35.5. The van der Waals surface area contributed by atoms with Crippen LogP contribution in [0.3, 0.4) is 0 Å². The third kappa shape index (κ3) is 3.16. The Kier molecular flexibility index (Phi) is 4.59. The zero-order valence-corrected chi connectivity index (χ0v) is 15.2. The smallest absolute Gasteiger partial charge is 0.133 e. The van der Waals surface area contributed by atoms with E-state index < -0.39 is 0 Å². The van der Waals surface area contributed by atoms with Crippen molar-refractivity contribution in [2.75, 3.05) is 5.32 Å². The Hall–Kier alpha value is -2.85. The van der Waals surface area contributed by atoms with E-state index in [9.17, 15) is 0 Å². The number of nitrogens with one attached hydrogen (secondary N) is 1. The lowest BCUT2D eigenvalue weighted by Gasteiger charge is -2.11.